The minimum atomic E-state index is 0.357. The Morgan fingerprint density at radius 1 is 1.43 bits per heavy atom. The highest BCUT2D eigenvalue weighted by molar-refractivity contribution is 14.3. The largest absolute Gasteiger partial charge is 0.552 e. The molecule has 0 bridgehead atoms. The molecule has 0 saturated carbocycles. The Kier molecular flexibility index (Phi) is 18.9. The summed E-state index contributed by atoms with van der Waals surface area (Å²) in [6.07, 6.45) is 0. The molecule has 0 nitrogen and oxygen atoms in total. The van der Waals surface area contributed by atoms with Gasteiger partial charge in [0.15, 0.2) is 0 Å². The monoisotopic (exact) mass is 335 g/mol. The van der Waals surface area contributed by atoms with Gasteiger partial charge in [-0.05, 0) is 5.92 Å². The van der Waals surface area contributed by atoms with Gasteiger partial charge in [0.1, 0.15) is 0 Å². The lowest BCUT2D eigenvalue weighted by atomic mass is 10.3. The second kappa shape index (κ2) is 11.1. The molecule has 0 heterocycles. The summed E-state index contributed by atoms with van der Waals surface area (Å²) in [6.45, 7) is 7.75. The average molecular weight is 335 g/mol. The molecule has 0 atom stereocenters. The van der Waals surface area contributed by atoms with Crippen molar-refractivity contribution in [3.05, 3.63) is 6.92 Å². The van der Waals surface area contributed by atoms with E-state index in [2.05, 4.69) is 58.5 Å². The van der Waals surface area contributed by atoms with Crippen molar-refractivity contribution >= 4 is 50.3 Å². The summed E-state index contributed by atoms with van der Waals surface area (Å²) in [6, 6.07) is 0. The highest BCUT2D eigenvalue weighted by atomic mass is 127. The van der Waals surface area contributed by atoms with Crippen molar-refractivity contribution in [2.24, 2.45) is 5.92 Å². The van der Waals surface area contributed by atoms with E-state index in [1.54, 1.807) is 0 Å². The molecule has 7 heavy (non-hydrogen) atoms. The lowest BCUT2D eigenvalue weighted by Gasteiger charge is -1.78. The average Bonchev–Trinajstić information content (AvgIpc) is 1.33. The van der Waals surface area contributed by atoms with Crippen LogP contribution in [0.3, 0.4) is 0 Å². The van der Waals surface area contributed by atoms with Crippen LogP contribution >= 0.6 is 37.7 Å². The Bertz CT molecular complexity index is 20.9. The summed E-state index contributed by atoms with van der Waals surface area (Å²) in [7, 11) is 0. The van der Waals surface area contributed by atoms with Crippen LogP contribution in [0.5, 0.6) is 0 Å². The summed E-state index contributed by atoms with van der Waals surface area (Å²) in [4.78, 5) is 0. The molecule has 0 aliphatic rings. The first-order valence-electron chi connectivity index (χ1n) is 2.10. The molecular formula is C4H9I2Mg. The molecule has 0 aliphatic carbocycles. The third-order valence-corrected chi connectivity index (χ3v) is 0. The van der Waals surface area contributed by atoms with Gasteiger partial charge < -0.3 is 0 Å². The molecule has 0 rings (SSSR count). The van der Waals surface area contributed by atoms with Crippen LogP contribution in [0.4, 0.5) is 0 Å². The van der Waals surface area contributed by atoms with E-state index in [4.69, 9.17) is 0 Å². The molecule has 0 aliphatic heterocycles. The maximum absolute atomic E-state index is 3.64. The van der Waals surface area contributed by atoms with Gasteiger partial charge in [0.05, 0.1) is 0 Å². The van der Waals surface area contributed by atoms with Gasteiger partial charge in [-0.3, -0.25) is 37.7 Å². The predicted molar refractivity (Wildman–Crippen MR) is 54.0 cm³/mol. The van der Waals surface area contributed by atoms with E-state index in [0.717, 1.165) is 0 Å². The van der Waals surface area contributed by atoms with Gasteiger partial charge >= 0.3 is 12.6 Å². The Hall–Kier alpha value is 2.23. The number of hydrogen-bond acceptors (Lipinski definition) is 0. The lowest BCUT2D eigenvalue weighted by Crippen LogP contribution is -1.67. The Balaban J connectivity index is 0. The van der Waals surface area contributed by atoms with Gasteiger partial charge in [0.25, 0.3) is 0 Å². The molecule has 0 unspecified atom stereocenters. The van der Waals surface area contributed by atoms with E-state index < -0.39 is 0 Å². The molecule has 0 aromatic carbocycles. The molecule has 0 saturated heterocycles. The minimum Gasteiger partial charge on any atom is -0.276 e. The van der Waals surface area contributed by atoms with Crippen LogP contribution in [0.2, 0.25) is 0 Å². The van der Waals surface area contributed by atoms with Crippen LogP contribution in [0, 0.1) is 12.8 Å². The Labute approximate surface area is 75.7 Å². The van der Waals surface area contributed by atoms with E-state index in [9.17, 15) is 0 Å². The van der Waals surface area contributed by atoms with E-state index >= 15 is 0 Å². The summed E-state index contributed by atoms with van der Waals surface area (Å²) in [5, 5.41) is 0. The summed E-state index contributed by atoms with van der Waals surface area (Å²) >= 11 is 5.18. The molecule has 0 N–H and O–H groups in total. The van der Waals surface area contributed by atoms with Crippen LogP contribution in [-0.2, 0) is 0 Å². The zero-order valence-electron chi connectivity index (χ0n) is 4.75. The second-order valence-corrected chi connectivity index (χ2v) is 15.0. The predicted octanol–water partition coefficient (Wildman–Crippen LogP) is 2.87. The first kappa shape index (κ1) is 12.0. The molecule has 41 valence electrons. The fourth-order valence-corrected chi connectivity index (χ4v) is 0. The first-order chi connectivity index (χ1) is 3.15. The minimum absolute atomic E-state index is 0.357. The quantitative estimate of drug-likeness (QED) is 0.472. The van der Waals surface area contributed by atoms with Crippen LogP contribution in [0.1, 0.15) is 13.8 Å². The van der Waals surface area contributed by atoms with Crippen LogP contribution in [0.25, 0.3) is 0 Å². The second-order valence-electron chi connectivity index (χ2n) is 1.49. The zero-order chi connectivity index (χ0) is 6.28. The third-order valence-electron chi connectivity index (χ3n) is 0. The maximum Gasteiger partial charge on any atom is 0.552 e. The number of rotatable bonds is 0. The topological polar surface area (TPSA) is 0 Å². The van der Waals surface area contributed by atoms with E-state index in [1.807, 2.05) is 0 Å². The van der Waals surface area contributed by atoms with Crippen molar-refractivity contribution in [3.63, 3.8) is 0 Å². The fraction of sp³-hybridized carbons (Fsp3) is 0.750. The Morgan fingerprint density at radius 3 is 1.43 bits per heavy atom. The highest BCUT2D eigenvalue weighted by Gasteiger charge is 1.68. The molecule has 0 aromatic heterocycles. The van der Waals surface area contributed by atoms with E-state index in [0.29, 0.717) is 18.5 Å². The summed E-state index contributed by atoms with van der Waals surface area (Å²) in [5.74, 6) is 0.583. The SMILES string of the molecule is [CH2]C(C)C.[I][Mg][I]. The molecule has 0 spiro atoms. The van der Waals surface area contributed by atoms with Gasteiger partial charge in [-0.15, -0.1) is 0 Å². The standard InChI is InChI=1S/C4H9.2HI.Mg/c1-4(2)3;;;/h4H,1H2,2-3H3;2*1H;/q;;;+2/p-2. The van der Waals surface area contributed by atoms with Crippen molar-refractivity contribution in [2.45, 2.75) is 13.8 Å². The highest BCUT2D eigenvalue weighted by Crippen LogP contribution is 1.80. The third kappa shape index (κ3) is 64.3. The normalized spacial score (nSPS) is 6.57. The van der Waals surface area contributed by atoms with Crippen molar-refractivity contribution in [3.8, 4) is 0 Å². The fourth-order valence-electron chi connectivity index (χ4n) is 0. The van der Waals surface area contributed by atoms with Gasteiger partial charge in [-0.25, -0.2) is 0 Å². The summed E-state index contributed by atoms with van der Waals surface area (Å²) in [5.41, 5.74) is 0. The molecule has 0 fully saturated rings. The van der Waals surface area contributed by atoms with Gasteiger partial charge in [0, 0.05) is 0 Å². The van der Waals surface area contributed by atoms with Crippen molar-refractivity contribution < 1.29 is 0 Å². The molecule has 1 radical (unpaired) electrons. The molecular weight excluding hydrogens is 326 g/mol. The lowest BCUT2D eigenvalue weighted by molar-refractivity contribution is 0.827. The van der Waals surface area contributed by atoms with Crippen LogP contribution < -0.4 is 0 Å². The Morgan fingerprint density at radius 2 is 1.43 bits per heavy atom. The molecule has 0 aromatic rings. The van der Waals surface area contributed by atoms with Crippen LogP contribution in [0.15, 0.2) is 0 Å². The zero-order valence-corrected chi connectivity index (χ0v) is 10.5. The van der Waals surface area contributed by atoms with Gasteiger partial charge in [-0.1, -0.05) is 20.8 Å². The van der Waals surface area contributed by atoms with Gasteiger partial charge in [-0.2, -0.15) is 0 Å². The van der Waals surface area contributed by atoms with Crippen molar-refractivity contribution in [1.82, 2.24) is 0 Å². The summed E-state index contributed by atoms with van der Waals surface area (Å²) < 4.78 is 0. The maximum atomic E-state index is 3.64. The van der Waals surface area contributed by atoms with Gasteiger partial charge in [0.2, 0.25) is 0 Å². The smallest absolute Gasteiger partial charge is 0.276 e. The van der Waals surface area contributed by atoms with E-state index in [1.165, 1.54) is 0 Å². The first-order valence-corrected chi connectivity index (χ1v) is 12.3. The number of hydrogen-bond donors (Lipinski definition) is 0. The van der Waals surface area contributed by atoms with Crippen molar-refractivity contribution in [2.75, 3.05) is 0 Å². The number of halogens is 2. The molecule has 3 heteroatoms. The van der Waals surface area contributed by atoms with Crippen LogP contribution in [-0.4, -0.2) is 12.6 Å². The van der Waals surface area contributed by atoms with Crippen molar-refractivity contribution in [1.29, 1.82) is 0 Å². The molecule has 0 amide bonds. The van der Waals surface area contributed by atoms with E-state index in [-0.39, 0.29) is 0 Å².